The van der Waals surface area contributed by atoms with Gasteiger partial charge in [-0.1, -0.05) is 19.9 Å². The van der Waals surface area contributed by atoms with Crippen LogP contribution in [0.25, 0.3) is 0 Å². The highest BCUT2D eigenvalue weighted by atomic mass is 32.2. The number of imidazole rings is 1. The maximum absolute atomic E-state index is 13.2. The summed E-state index contributed by atoms with van der Waals surface area (Å²) < 4.78 is 30.1. The van der Waals surface area contributed by atoms with Crippen LogP contribution in [0.3, 0.4) is 0 Å². The van der Waals surface area contributed by atoms with Crippen molar-refractivity contribution in [1.82, 2.24) is 18.8 Å². The van der Waals surface area contributed by atoms with Gasteiger partial charge in [0, 0.05) is 50.2 Å². The molecule has 3 heterocycles. The SMILES string of the molecule is CC1CC(C)CN(S(=O)(=O)c2cccc(C(=O)N3CCC(n4ccnc4)CC3)c2)C1. The fraction of sp³-hybridized carbons (Fsp3) is 0.545. The minimum atomic E-state index is -3.60. The van der Waals surface area contributed by atoms with Crippen LogP contribution in [0.15, 0.2) is 47.9 Å². The maximum atomic E-state index is 13.2. The second-order valence-corrected chi connectivity index (χ2v) is 10.8. The molecule has 0 N–H and O–H groups in total. The van der Waals surface area contributed by atoms with E-state index in [9.17, 15) is 13.2 Å². The van der Waals surface area contributed by atoms with E-state index in [-0.39, 0.29) is 10.8 Å². The van der Waals surface area contributed by atoms with Crippen LogP contribution in [0.2, 0.25) is 0 Å². The van der Waals surface area contributed by atoms with Gasteiger partial charge in [0.1, 0.15) is 0 Å². The molecule has 4 rings (SSSR count). The average molecular weight is 431 g/mol. The van der Waals surface area contributed by atoms with Gasteiger partial charge in [-0.15, -0.1) is 0 Å². The molecule has 0 bridgehead atoms. The molecule has 1 aromatic heterocycles. The Hall–Kier alpha value is -2.19. The lowest BCUT2D eigenvalue weighted by Crippen LogP contribution is -2.42. The standard InChI is InChI=1S/C22H30N4O3S/c1-17-12-18(2)15-26(14-17)30(28,29)21-5-3-4-19(13-21)22(27)24-9-6-20(7-10-24)25-11-8-23-16-25/h3-5,8,11,13,16-18,20H,6-7,9-10,12,14-15H2,1-2H3. The zero-order valence-electron chi connectivity index (χ0n) is 17.6. The molecule has 2 fully saturated rings. The molecular weight excluding hydrogens is 400 g/mol. The molecule has 2 saturated heterocycles. The van der Waals surface area contributed by atoms with Crippen molar-refractivity contribution in [3.63, 3.8) is 0 Å². The molecule has 0 aliphatic carbocycles. The number of amides is 1. The first kappa shape index (κ1) is 21.1. The summed E-state index contributed by atoms with van der Waals surface area (Å²) in [4.78, 5) is 19.2. The Bertz CT molecular complexity index is 972. The van der Waals surface area contributed by atoms with Gasteiger partial charge in [-0.3, -0.25) is 4.79 Å². The molecule has 0 radical (unpaired) electrons. The largest absolute Gasteiger partial charge is 0.338 e. The van der Waals surface area contributed by atoms with E-state index in [4.69, 9.17) is 0 Å². The van der Waals surface area contributed by atoms with Crippen molar-refractivity contribution < 1.29 is 13.2 Å². The van der Waals surface area contributed by atoms with Crippen molar-refractivity contribution in [3.05, 3.63) is 48.5 Å². The summed E-state index contributed by atoms with van der Waals surface area (Å²) in [5.74, 6) is 0.576. The Labute approximate surface area is 178 Å². The highest BCUT2D eigenvalue weighted by Gasteiger charge is 2.32. The van der Waals surface area contributed by atoms with Gasteiger partial charge in [-0.25, -0.2) is 13.4 Å². The van der Waals surface area contributed by atoms with Crippen molar-refractivity contribution in [2.24, 2.45) is 11.8 Å². The average Bonchev–Trinajstić information content (AvgIpc) is 3.28. The molecule has 1 aromatic carbocycles. The van der Waals surface area contributed by atoms with Gasteiger partial charge in [-0.2, -0.15) is 4.31 Å². The number of carbonyl (C=O) groups excluding carboxylic acids is 1. The quantitative estimate of drug-likeness (QED) is 0.747. The summed E-state index contributed by atoms with van der Waals surface area (Å²) in [6, 6.07) is 6.89. The van der Waals surface area contributed by atoms with E-state index >= 15 is 0 Å². The summed E-state index contributed by atoms with van der Waals surface area (Å²) in [5.41, 5.74) is 0.440. The van der Waals surface area contributed by atoms with Gasteiger partial charge >= 0.3 is 0 Å². The Morgan fingerprint density at radius 2 is 1.80 bits per heavy atom. The zero-order chi connectivity index (χ0) is 21.3. The molecule has 2 unspecified atom stereocenters. The number of aromatic nitrogens is 2. The predicted octanol–water partition coefficient (Wildman–Crippen LogP) is 3.03. The van der Waals surface area contributed by atoms with Gasteiger partial charge in [0.15, 0.2) is 0 Å². The van der Waals surface area contributed by atoms with Crippen LogP contribution in [-0.4, -0.2) is 59.3 Å². The first-order valence-electron chi connectivity index (χ1n) is 10.7. The molecule has 2 aliphatic heterocycles. The number of benzene rings is 1. The van der Waals surface area contributed by atoms with Crippen LogP contribution in [0, 0.1) is 11.8 Å². The fourth-order valence-corrected chi connectivity index (χ4v) is 6.50. The normalized spacial score (nSPS) is 24.1. The zero-order valence-corrected chi connectivity index (χ0v) is 18.5. The summed E-state index contributed by atoms with van der Waals surface area (Å²) in [6.45, 7) is 6.55. The van der Waals surface area contributed by atoms with Crippen LogP contribution in [0.1, 0.15) is 49.5 Å². The number of likely N-dealkylation sites (tertiary alicyclic amines) is 1. The predicted molar refractivity (Wildman–Crippen MR) is 115 cm³/mol. The van der Waals surface area contributed by atoms with E-state index in [1.165, 1.54) is 0 Å². The first-order chi connectivity index (χ1) is 14.3. The summed E-state index contributed by atoms with van der Waals surface area (Å²) >= 11 is 0. The molecule has 2 atom stereocenters. The molecule has 162 valence electrons. The van der Waals surface area contributed by atoms with Gasteiger partial charge in [-0.05, 0) is 49.3 Å². The number of hydrogen-bond donors (Lipinski definition) is 0. The van der Waals surface area contributed by atoms with E-state index < -0.39 is 10.0 Å². The van der Waals surface area contributed by atoms with Crippen LogP contribution in [0.4, 0.5) is 0 Å². The summed E-state index contributed by atoms with van der Waals surface area (Å²) in [5, 5.41) is 0. The Morgan fingerprint density at radius 3 is 2.43 bits per heavy atom. The molecule has 2 aliphatic rings. The Kier molecular flexibility index (Phi) is 5.97. The highest BCUT2D eigenvalue weighted by molar-refractivity contribution is 7.89. The van der Waals surface area contributed by atoms with E-state index in [2.05, 4.69) is 23.4 Å². The van der Waals surface area contributed by atoms with Crippen molar-refractivity contribution >= 4 is 15.9 Å². The third-order valence-corrected chi connectivity index (χ3v) is 8.08. The Balaban J connectivity index is 1.47. The number of hydrogen-bond acceptors (Lipinski definition) is 4. The molecule has 1 amide bonds. The van der Waals surface area contributed by atoms with Crippen molar-refractivity contribution in [1.29, 1.82) is 0 Å². The second-order valence-electron chi connectivity index (χ2n) is 8.83. The Morgan fingerprint density at radius 1 is 1.10 bits per heavy atom. The molecule has 2 aromatic rings. The minimum absolute atomic E-state index is 0.100. The number of piperidine rings is 2. The molecule has 0 saturated carbocycles. The van der Waals surface area contributed by atoms with Crippen LogP contribution < -0.4 is 0 Å². The van der Waals surface area contributed by atoms with Crippen LogP contribution >= 0.6 is 0 Å². The second kappa shape index (κ2) is 8.51. The van der Waals surface area contributed by atoms with E-state index in [0.717, 1.165) is 19.3 Å². The monoisotopic (exact) mass is 430 g/mol. The smallest absolute Gasteiger partial charge is 0.253 e. The number of carbonyl (C=O) groups is 1. The van der Waals surface area contributed by atoms with E-state index in [0.29, 0.717) is 49.6 Å². The molecule has 30 heavy (non-hydrogen) atoms. The molecule has 7 nitrogen and oxygen atoms in total. The van der Waals surface area contributed by atoms with Crippen molar-refractivity contribution in [2.45, 2.75) is 44.0 Å². The minimum Gasteiger partial charge on any atom is -0.338 e. The first-order valence-corrected chi connectivity index (χ1v) is 12.2. The highest BCUT2D eigenvalue weighted by Crippen LogP contribution is 2.28. The van der Waals surface area contributed by atoms with E-state index in [1.807, 2.05) is 17.4 Å². The number of nitrogens with zero attached hydrogens (tertiary/aromatic N) is 4. The summed E-state index contributed by atoms with van der Waals surface area (Å²) in [6.07, 6.45) is 8.32. The fourth-order valence-electron chi connectivity index (χ4n) is 4.78. The van der Waals surface area contributed by atoms with Crippen molar-refractivity contribution in [3.8, 4) is 0 Å². The van der Waals surface area contributed by atoms with E-state index in [1.54, 1.807) is 34.8 Å². The number of sulfonamides is 1. The topological polar surface area (TPSA) is 75.5 Å². The maximum Gasteiger partial charge on any atom is 0.253 e. The molecule has 8 heteroatoms. The molecule has 0 spiro atoms. The van der Waals surface area contributed by atoms with Crippen LogP contribution in [0.5, 0.6) is 0 Å². The third kappa shape index (κ3) is 4.30. The van der Waals surface area contributed by atoms with Gasteiger partial charge in [0.2, 0.25) is 10.0 Å². The van der Waals surface area contributed by atoms with Gasteiger partial charge in [0.05, 0.1) is 11.2 Å². The lowest BCUT2D eigenvalue weighted by atomic mass is 9.94. The lowest BCUT2D eigenvalue weighted by molar-refractivity contribution is 0.0694. The van der Waals surface area contributed by atoms with Gasteiger partial charge < -0.3 is 9.47 Å². The van der Waals surface area contributed by atoms with Crippen LogP contribution in [-0.2, 0) is 10.0 Å². The summed E-state index contributed by atoms with van der Waals surface area (Å²) in [7, 11) is -3.60. The lowest BCUT2D eigenvalue weighted by Gasteiger charge is -2.34. The van der Waals surface area contributed by atoms with Gasteiger partial charge in [0.25, 0.3) is 5.91 Å². The molecular formula is C22H30N4O3S. The van der Waals surface area contributed by atoms with Crippen molar-refractivity contribution in [2.75, 3.05) is 26.2 Å². The third-order valence-electron chi connectivity index (χ3n) is 6.25. The number of rotatable bonds is 4.